The minimum Gasteiger partial charge on any atom is -0.475 e. The first kappa shape index (κ1) is 10.6. The van der Waals surface area contributed by atoms with Gasteiger partial charge < -0.3 is 14.8 Å². The minimum absolute atomic E-state index is 0.0240. The average molecular weight is 227 g/mol. The lowest BCUT2D eigenvalue weighted by atomic mass is 10.1. The lowest BCUT2D eigenvalue weighted by molar-refractivity contribution is 0.0661. The summed E-state index contributed by atoms with van der Waals surface area (Å²) in [5, 5.41) is 11.9. The van der Waals surface area contributed by atoms with Gasteiger partial charge in [0.25, 0.3) is 0 Å². The molecule has 0 aromatic carbocycles. The summed E-state index contributed by atoms with van der Waals surface area (Å²) in [7, 11) is 0. The number of hydrogen-bond donors (Lipinski definition) is 2. The summed E-state index contributed by atoms with van der Waals surface area (Å²) in [6, 6.07) is 3.23. The van der Waals surface area contributed by atoms with Gasteiger partial charge in [0, 0.05) is 0 Å². The summed E-state index contributed by atoms with van der Waals surface area (Å²) >= 11 is 1.79. The molecule has 1 aromatic heterocycles. The van der Waals surface area contributed by atoms with Crippen molar-refractivity contribution in [3.05, 3.63) is 23.7 Å². The van der Waals surface area contributed by atoms with E-state index in [1.165, 1.54) is 6.07 Å². The van der Waals surface area contributed by atoms with Crippen LogP contribution >= 0.6 is 11.8 Å². The molecule has 1 aliphatic heterocycles. The van der Waals surface area contributed by atoms with Crippen LogP contribution in [0.15, 0.2) is 16.5 Å². The second kappa shape index (κ2) is 4.72. The normalized spacial score (nSPS) is 16.3. The highest BCUT2D eigenvalue weighted by Crippen LogP contribution is 2.19. The zero-order chi connectivity index (χ0) is 10.7. The molecule has 0 spiro atoms. The zero-order valence-electron chi connectivity index (χ0n) is 8.23. The van der Waals surface area contributed by atoms with Crippen molar-refractivity contribution in [1.29, 1.82) is 0 Å². The topological polar surface area (TPSA) is 62.5 Å². The van der Waals surface area contributed by atoms with E-state index in [0.717, 1.165) is 36.3 Å². The molecule has 15 heavy (non-hydrogen) atoms. The number of thioether (sulfide) groups is 1. The third-order valence-corrected chi connectivity index (χ3v) is 3.53. The molecular weight excluding hydrogens is 214 g/mol. The molecular formula is C10H13NO3S. The monoisotopic (exact) mass is 227 g/mol. The van der Waals surface area contributed by atoms with Gasteiger partial charge in [0.1, 0.15) is 5.76 Å². The van der Waals surface area contributed by atoms with Crippen molar-refractivity contribution < 1.29 is 14.3 Å². The number of furan rings is 1. The third kappa shape index (κ3) is 2.76. The Labute approximate surface area is 92.0 Å². The average Bonchev–Trinajstić information content (AvgIpc) is 2.57. The molecule has 2 rings (SSSR count). The second-order valence-electron chi connectivity index (χ2n) is 3.61. The molecule has 5 heteroatoms. The van der Waals surface area contributed by atoms with Crippen LogP contribution < -0.4 is 5.32 Å². The molecule has 0 radical (unpaired) electrons. The van der Waals surface area contributed by atoms with Crippen molar-refractivity contribution in [2.24, 2.45) is 5.92 Å². The summed E-state index contributed by atoms with van der Waals surface area (Å²) in [4.78, 5) is 10.5. The fourth-order valence-electron chi connectivity index (χ4n) is 1.36. The molecule has 1 aliphatic rings. The summed E-state index contributed by atoms with van der Waals surface area (Å²) in [5.41, 5.74) is 0. The molecule has 4 nitrogen and oxygen atoms in total. The van der Waals surface area contributed by atoms with Gasteiger partial charge >= 0.3 is 5.97 Å². The lowest BCUT2D eigenvalue weighted by Gasteiger charge is -2.26. The molecule has 0 bridgehead atoms. The fraction of sp³-hybridized carbons (Fsp3) is 0.500. The number of carboxylic acids is 1. The first-order valence-corrected chi connectivity index (χ1v) is 6.01. The van der Waals surface area contributed by atoms with Crippen LogP contribution in [-0.2, 0) is 5.75 Å². The maximum absolute atomic E-state index is 10.5. The van der Waals surface area contributed by atoms with Crippen molar-refractivity contribution in [1.82, 2.24) is 5.32 Å². The first-order valence-electron chi connectivity index (χ1n) is 4.86. The predicted octanol–water partition coefficient (Wildman–Crippen LogP) is 1.43. The van der Waals surface area contributed by atoms with E-state index in [2.05, 4.69) is 5.32 Å². The second-order valence-corrected chi connectivity index (χ2v) is 4.64. The van der Waals surface area contributed by atoms with E-state index in [1.807, 2.05) is 0 Å². The van der Waals surface area contributed by atoms with E-state index >= 15 is 0 Å². The molecule has 1 fully saturated rings. The quantitative estimate of drug-likeness (QED) is 0.796. The summed E-state index contributed by atoms with van der Waals surface area (Å²) < 4.78 is 5.14. The zero-order valence-corrected chi connectivity index (χ0v) is 9.05. The van der Waals surface area contributed by atoms with Crippen molar-refractivity contribution in [2.45, 2.75) is 5.75 Å². The Morgan fingerprint density at radius 3 is 2.93 bits per heavy atom. The third-order valence-electron chi connectivity index (χ3n) is 2.34. The van der Waals surface area contributed by atoms with Crippen LogP contribution in [0.5, 0.6) is 0 Å². The van der Waals surface area contributed by atoms with E-state index in [4.69, 9.17) is 9.52 Å². The summed E-state index contributed by atoms with van der Waals surface area (Å²) in [6.45, 7) is 2.21. The molecule has 2 N–H and O–H groups in total. The molecule has 0 unspecified atom stereocenters. The van der Waals surface area contributed by atoms with Crippen LogP contribution in [0.4, 0.5) is 0 Å². The van der Waals surface area contributed by atoms with E-state index < -0.39 is 5.97 Å². The molecule has 0 saturated carbocycles. The SMILES string of the molecule is O=C(O)c1ccc(CSCC2CNC2)o1. The van der Waals surface area contributed by atoms with Gasteiger partial charge in [-0.15, -0.1) is 0 Å². The minimum atomic E-state index is -1.01. The van der Waals surface area contributed by atoms with Crippen molar-refractivity contribution >= 4 is 17.7 Å². The molecule has 1 saturated heterocycles. The van der Waals surface area contributed by atoms with Gasteiger partial charge in [-0.05, 0) is 36.9 Å². The summed E-state index contributed by atoms with van der Waals surface area (Å²) in [6.07, 6.45) is 0. The smallest absolute Gasteiger partial charge is 0.371 e. The maximum Gasteiger partial charge on any atom is 0.371 e. The molecule has 2 heterocycles. The van der Waals surface area contributed by atoms with Gasteiger partial charge in [0.15, 0.2) is 0 Å². The number of aromatic carboxylic acids is 1. The van der Waals surface area contributed by atoms with Crippen molar-refractivity contribution in [2.75, 3.05) is 18.8 Å². The Kier molecular flexibility index (Phi) is 3.33. The fourth-order valence-corrected chi connectivity index (χ4v) is 2.41. The number of carboxylic acid groups (broad SMARTS) is 1. The van der Waals surface area contributed by atoms with Crippen LogP contribution in [-0.4, -0.2) is 29.9 Å². The van der Waals surface area contributed by atoms with E-state index in [-0.39, 0.29) is 5.76 Å². The van der Waals surface area contributed by atoms with Gasteiger partial charge in [-0.25, -0.2) is 4.79 Å². The number of carbonyl (C=O) groups is 1. The van der Waals surface area contributed by atoms with Crippen LogP contribution in [0.25, 0.3) is 0 Å². The molecule has 1 aromatic rings. The predicted molar refractivity (Wildman–Crippen MR) is 58.2 cm³/mol. The standard InChI is InChI=1S/C10H13NO3S/c12-10(13)9-2-1-8(14-9)6-15-5-7-3-11-4-7/h1-2,7,11H,3-6H2,(H,12,13). The highest BCUT2D eigenvalue weighted by atomic mass is 32.2. The molecule has 82 valence electrons. The number of hydrogen-bond acceptors (Lipinski definition) is 4. The van der Waals surface area contributed by atoms with E-state index in [9.17, 15) is 4.79 Å². The Hall–Kier alpha value is -0.940. The Balaban J connectivity index is 1.75. The van der Waals surface area contributed by atoms with Crippen LogP contribution in [0.1, 0.15) is 16.3 Å². The van der Waals surface area contributed by atoms with Gasteiger partial charge in [0.05, 0.1) is 5.75 Å². The Morgan fingerprint density at radius 1 is 1.60 bits per heavy atom. The van der Waals surface area contributed by atoms with Gasteiger partial charge in [-0.3, -0.25) is 0 Å². The lowest BCUT2D eigenvalue weighted by Crippen LogP contribution is -2.43. The van der Waals surface area contributed by atoms with Gasteiger partial charge in [-0.1, -0.05) is 0 Å². The largest absolute Gasteiger partial charge is 0.475 e. The van der Waals surface area contributed by atoms with Crippen LogP contribution in [0.2, 0.25) is 0 Å². The Morgan fingerprint density at radius 2 is 2.40 bits per heavy atom. The summed E-state index contributed by atoms with van der Waals surface area (Å²) in [5.74, 6) is 2.39. The molecule has 0 atom stereocenters. The number of rotatable bonds is 5. The first-order chi connectivity index (χ1) is 7.25. The van der Waals surface area contributed by atoms with E-state index in [1.54, 1.807) is 17.8 Å². The van der Waals surface area contributed by atoms with Crippen LogP contribution in [0.3, 0.4) is 0 Å². The highest BCUT2D eigenvalue weighted by Gasteiger charge is 2.16. The van der Waals surface area contributed by atoms with Crippen molar-refractivity contribution in [3.63, 3.8) is 0 Å². The van der Waals surface area contributed by atoms with E-state index in [0.29, 0.717) is 0 Å². The number of nitrogens with one attached hydrogen (secondary N) is 1. The molecule has 0 amide bonds. The van der Waals surface area contributed by atoms with Crippen molar-refractivity contribution in [3.8, 4) is 0 Å². The molecule has 0 aliphatic carbocycles. The van der Waals surface area contributed by atoms with Gasteiger partial charge in [0.2, 0.25) is 5.76 Å². The van der Waals surface area contributed by atoms with Gasteiger partial charge in [-0.2, -0.15) is 11.8 Å². The Bertz CT molecular complexity index is 346. The van der Waals surface area contributed by atoms with Crippen LogP contribution in [0, 0.1) is 5.92 Å². The highest BCUT2D eigenvalue weighted by molar-refractivity contribution is 7.98. The maximum atomic E-state index is 10.5.